The van der Waals surface area contributed by atoms with Gasteiger partial charge in [0.2, 0.25) is 0 Å². The van der Waals surface area contributed by atoms with Crippen LogP contribution in [0.3, 0.4) is 0 Å². The van der Waals surface area contributed by atoms with E-state index >= 15 is 0 Å². The number of rotatable bonds is 3. The van der Waals surface area contributed by atoms with Gasteiger partial charge in [-0.05, 0) is 30.3 Å². The van der Waals surface area contributed by atoms with Gasteiger partial charge >= 0.3 is 0 Å². The van der Waals surface area contributed by atoms with Gasteiger partial charge in [0.05, 0.1) is 5.56 Å². The van der Waals surface area contributed by atoms with Gasteiger partial charge in [-0.15, -0.1) is 0 Å². The maximum absolute atomic E-state index is 13.6. The Hall–Kier alpha value is -1.45. The molecule has 19 heavy (non-hydrogen) atoms. The van der Waals surface area contributed by atoms with Crippen molar-refractivity contribution in [3.8, 4) is 0 Å². The zero-order valence-electron chi connectivity index (χ0n) is 9.59. The van der Waals surface area contributed by atoms with Crippen molar-refractivity contribution in [2.24, 2.45) is 0 Å². The van der Waals surface area contributed by atoms with Crippen LogP contribution in [0.15, 0.2) is 36.4 Å². The topological polar surface area (TPSA) is 17.1 Å². The molecule has 0 aliphatic rings. The third kappa shape index (κ3) is 3.11. The number of benzene rings is 2. The lowest BCUT2D eigenvalue weighted by Crippen LogP contribution is -2.08. The molecular formula is C14H8Cl2F2O. The Morgan fingerprint density at radius 1 is 1.05 bits per heavy atom. The first-order valence-electron chi connectivity index (χ1n) is 5.40. The number of hydrogen-bond acceptors (Lipinski definition) is 1. The van der Waals surface area contributed by atoms with Crippen molar-refractivity contribution in [1.29, 1.82) is 0 Å². The van der Waals surface area contributed by atoms with Crippen LogP contribution in [0.5, 0.6) is 0 Å². The van der Waals surface area contributed by atoms with E-state index in [1.807, 2.05) is 0 Å². The third-order valence-electron chi connectivity index (χ3n) is 2.63. The summed E-state index contributed by atoms with van der Waals surface area (Å²) in [5, 5.41) is 0.334. The SMILES string of the molecule is O=C(Cc1c(F)cccc1Cl)c1ccc(Cl)cc1F. The van der Waals surface area contributed by atoms with E-state index in [1.165, 1.54) is 30.3 Å². The number of carbonyl (C=O) groups is 1. The first kappa shape index (κ1) is 14.0. The standard InChI is InChI=1S/C14H8Cl2F2O/c15-8-4-5-9(13(18)6-8)14(19)7-10-11(16)2-1-3-12(10)17/h1-6H,7H2. The van der Waals surface area contributed by atoms with Crippen molar-refractivity contribution in [3.05, 3.63) is 69.2 Å². The summed E-state index contributed by atoms with van der Waals surface area (Å²) in [5.74, 6) is -1.87. The van der Waals surface area contributed by atoms with Gasteiger partial charge in [0.15, 0.2) is 5.78 Å². The highest BCUT2D eigenvalue weighted by molar-refractivity contribution is 6.31. The van der Waals surface area contributed by atoms with E-state index in [0.29, 0.717) is 0 Å². The molecule has 0 aliphatic carbocycles. The Labute approximate surface area is 118 Å². The maximum atomic E-state index is 13.6. The zero-order valence-corrected chi connectivity index (χ0v) is 11.1. The minimum atomic E-state index is -0.732. The molecule has 0 aromatic heterocycles. The van der Waals surface area contributed by atoms with Crippen molar-refractivity contribution in [1.82, 2.24) is 0 Å². The molecule has 0 saturated carbocycles. The van der Waals surface area contributed by atoms with Crippen molar-refractivity contribution < 1.29 is 13.6 Å². The molecule has 0 radical (unpaired) electrons. The van der Waals surface area contributed by atoms with Crippen LogP contribution in [0.25, 0.3) is 0 Å². The number of ketones is 1. The Bertz CT molecular complexity index is 621. The van der Waals surface area contributed by atoms with Gasteiger partial charge in [0.25, 0.3) is 0 Å². The van der Waals surface area contributed by atoms with Crippen LogP contribution in [0.2, 0.25) is 10.0 Å². The quantitative estimate of drug-likeness (QED) is 0.751. The molecule has 0 heterocycles. The van der Waals surface area contributed by atoms with E-state index in [2.05, 4.69) is 0 Å². The molecule has 5 heteroatoms. The molecule has 2 rings (SSSR count). The second-order valence-corrected chi connectivity index (χ2v) is 4.77. The average molecular weight is 301 g/mol. The van der Waals surface area contributed by atoms with Gasteiger partial charge in [-0.25, -0.2) is 8.78 Å². The van der Waals surface area contributed by atoms with Gasteiger partial charge in [-0.3, -0.25) is 4.79 Å². The van der Waals surface area contributed by atoms with E-state index in [9.17, 15) is 13.6 Å². The summed E-state index contributed by atoms with van der Waals surface area (Å²) in [6.07, 6.45) is -0.302. The molecule has 0 unspecified atom stereocenters. The van der Waals surface area contributed by atoms with Gasteiger partial charge in [-0.1, -0.05) is 29.3 Å². The normalized spacial score (nSPS) is 10.5. The monoisotopic (exact) mass is 300 g/mol. The van der Waals surface area contributed by atoms with Gasteiger partial charge in [-0.2, -0.15) is 0 Å². The lowest BCUT2D eigenvalue weighted by Gasteiger charge is -2.06. The molecule has 1 nitrogen and oxygen atoms in total. The lowest BCUT2D eigenvalue weighted by molar-refractivity contribution is 0.0988. The number of carbonyl (C=O) groups excluding carboxylic acids is 1. The highest BCUT2D eigenvalue weighted by atomic mass is 35.5. The smallest absolute Gasteiger partial charge is 0.170 e. The minimum Gasteiger partial charge on any atom is -0.294 e. The maximum Gasteiger partial charge on any atom is 0.170 e. The molecule has 98 valence electrons. The van der Waals surface area contributed by atoms with Crippen molar-refractivity contribution in [2.75, 3.05) is 0 Å². The van der Waals surface area contributed by atoms with Crippen molar-refractivity contribution in [3.63, 3.8) is 0 Å². The fraction of sp³-hybridized carbons (Fsp3) is 0.0714. The van der Waals surface area contributed by atoms with Gasteiger partial charge in [0.1, 0.15) is 11.6 Å². The summed E-state index contributed by atoms with van der Waals surface area (Å²) in [7, 11) is 0. The summed E-state index contributed by atoms with van der Waals surface area (Å²) >= 11 is 11.4. The number of Topliss-reactive ketones (excluding diaryl/α,β-unsaturated/α-hetero) is 1. The van der Waals surface area contributed by atoms with Crippen LogP contribution in [-0.4, -0.2) is 5.78 Å². The molecule has 2 aromatic carbocycles. The van der Waals surface area contributed by atoms with E-state index < -0.39 is 17.4 Å². The average Bonchev–Trinajstić information content (AvgIpc) is 2.33. The molecule has 0 aliphatic heterocycles. The Kier molecular flexibility index (Phi) is 4.17. The van der Waals surface area contributed by atoms with E-state index in [0.717, 1.165) is 6.07 Å². The van der Waals surface area contributed by atoms with Crippen LogP contribution in [-0.2, 0) is 6.42 Å². The molecule has 0 N–H and O–H groups in total. The lowest BCUT2D eigenvalue weighted by atomic mass is 10.0. The summed E-state index contributed by atoms with van der Waals surface area (Å²) in [6, 6.07) is 7.83. The van der Waals surface area contributed by atoms with Gasteiger partial charge in [0, 0.05) is 22.0 Å². The largest absolute Gasteiger partial charge is 0.294 e. The Balaban J connectivity index is 2.31. The van der Waals surface area contributed by atoms with Crippen LogP contribution in [0.1, 0.15) is 15.9 Å². The van der Waals surface area contributed by atoms with Crippen LogP contribution >= 0.6 is 23.2 Å². The second kappa shape index (κ2) is 5.68. The van der Waals surface area contributed by atoms with Crippen molar-refractivity contribution in [2.45, 2.75) is 6.42 Å². The van der Waals surface area contributed by atoms with E-state index in [4.69, 9.17) is 23.2 Å². The van der Waals surface area contributed by atoms with E-state index in [-0.39, 0.29) is 27.6 Å². The highest BCUT2D eigenvalue weighted by Gasteiger charge is 2.16. The molecule has 0 fully saturated rings. The van der Waals surface area contributed by atoms with E-state index in [1.54, 1.807) is 0 Å². The number of halogens is 4. The fourth-order valence-corrected chi connectivity index (χ4v) is 2.06. The molecular weight excluding hydrogens is 293 g/mol. The first-order valence-corrected chi connectivity index (χ1v) is 6.16. The summed E-state index contributed by atoms with van der Waals surface area (Å²) < 4.78 is 27.1. The zero-order chi connectivity index (χ0) is 14.0. The molecule has 0 atom stereocenters. The molecule has 0 saturated heterocycles. The second-order valence-electron chi connectivity index (χ2n) is 3.92. The van der Waals surface area contributed by atoms with Crippen LogP contribution < -0.4 is 0 Å². The minimum absolute atomic E-state index is 0.0588. The van der Waals surface area contributed by atoms with Crippen LogP contribution in [0.4, 0.5) is 8.78 Å². The Morgan fingerprint density at radius 3 is 2.42 bits per heavy atom. The fourth-order valence-electron chi connectivity index (χ4n) is 1.67. The third-order valence-corrected chi connectivity index (χ3v) is 3.22. The van der Waals surface area contributed by atoms with Crippen molar-refractivity contribution >= 4 is 29.0 Å². The first-order chi connectivity index (χ1) is 8.99. The molecule has 2 aromatic rings. The molecule has 0 bridgehead atoms. The van der Waals surface area contributed by atoms with Gasteiger partial charge < -0.3 is 0 Å². The summed E-state index contributed by atoms with van der Waals surface area (Å²) in [6.45, 7) is 0. The molecule has 0 spiro atoms. The predicted molar refractivity (Wildman–Crippen MR) is 70.9 cm³/mol. The number of hydrogen-bond donors (Lipinski definition) is 0. The molecule has 0 amide bonds. The Morgan fingerprint density at radius 2 is 1.79 bits per heavy atom. The predicted octanol–water partition coefficient (Wildman–Crippen LogP) is 4.70. The highest BCUT2D eigenvalue weighted by Crippen LogP contribution is 2.22. The summed E-state index contributed by atoms with van der Waals surface area (Å²) in [4.78, 5) is 11.9. The van der Waals surface area contributed by atoms with Crippen LogP contribution in [0, 0.1) is 11.6 Å². The summed E-state index contributed by atoms with van der Waals surface area (Å²) in [5.41, 5.74) is -0.0766.